The van der Waals surface area contributed by atoms with Crippen LogP contribution in [0.1, 0.15) is 12.8 Å². The fraction of sp³-hybridized carbons (Fsp3) is 0.364. The van der Waals surface area contributed by atoms with Gasteiger partial charge in [0.25, 0.3) is 0 Å². The normalized spacial score (nSPS) is 14.3. The number of aromatic nitrogens is 1. The molecule has 1 aliphatic heterocycles. The number of rotatable bonds is 7. The summed E-state index contributed by atoms with van der Waals surface area (Å²) in [7, 11) is 1.67. The summed E-state index contributed by atoms with van der Waals surface area (Å²) < 4.78 is 6.55. The average molecular weight is 462 g/mol. The Bertz CT molecular complexity index is 1000. The van der Waals surface area contributed by atoms with Gasteiger partial charge in [0.1, 0.15) is 11.3 Å². The predicted octanol–water partition coefficient (Wildman–Crippen LogP) is 5.18. The van der Waals surface area contributed by atoms with Crippen molar-refractivity contribution in [1.82, 2.24) is 9.88 Å². The lowest BCUT2D eigenvalue weighted by Gasteiger charge is -2.34. The summed E-state index contributed by atoms with van der Waals surface area (Å²) in [6.07, 6.45) is 1.48. The van der Waals surface area contributed by atoms with Crippen molar-refractivity contribution >= 4 is 56.0 Å². The number of carbonyl (C=O) groups is 1. The molecule has 3 aromatic rings. The highest BCUT2D eigenvalue weighted by atomic mass is 35.5. The van der Waals surface area contributed by atoms with Gasteiger partial charge in [-0.15, -0.1) is 11.8 Å². The van der Waals surface area contributed by atoms with Crippen molar-refractivity contribution in [3.8, 4) is 5.75 Å². The molecule has 158 valence electrons. The SMILES string of the molecule is COc1cccc2sc(N3CCN(C(=O)CCCSc4ccc(Cl)cc4)CC3)nc12. The number of hydrogen-bond donors (Lipinski definition) is 0. The Balaban J connectivity index is 1.24. The predicted molar refractivity (Wildman–Crippen MR) is 126 cm³/mol. The lowest BCUT2D eigenvalue weighted by atomic mass is 10.2. The third kappa shape index (κ3) is 5.02. The van der Waals surface area contributed by atoms with Gasteiger partial charge in [-0.05, 0) is 48.6 Å². The zero-order chi connectivity index (χ0) is 20.9. The lowest BCUT2D eigenvalue weighted by molar-refractivity contribution is -0.131. The van der Waals surface area contributed by atoms with E-state index in [0.29, 0.717) is 6.42 Å². The third-order valence-corrected chi connectivity index (χ3v) is 7.54. The second kappa shape index (κ2) is 9.90. The van der Waals surface area contributed by atoms with Gasteiger partial charge in [0, 0.05) is 42.5 Å². The molecule has 5 nitrogen and oxygen atoms in total. The summed E-state index contributed by atoms with van der Waals surface area (Å²) in [6.45, 7) is 3.12. The van der Waals surface area contributed by atoms with Crippen molar-refractivity contribution in [2.75, 3.05) is 43.9 Å². The van der Waals surface area contributed by atoms with Crippen LogP contribution in [-0.4, -0.2) is 54.8 Å². The Kier molecular flexibility index (Phi) is 7.02. The number of methoxy groups -OCH3 is 1. The number of fused-ring (bicyclic) bond motifs is 1. The van der Waals surface area contributed by atoms with Crippen LogP contribution in [0.3, 0.4) is 0 Å². The molecule has 1 fully saturated rings. The lowest BCUT2D eigenvalue weighted by Crippen LogP contribution is -2.48. The maximum atomic E-state index is 12.6. The molecule has 1 aliphatic rings. The minimum Gasteiger partial charge on any atom is -0.494 e. The Hall–Kier alpha value is -1.96. The number of halogens is 1. The summed E-state index contributed by atoms with van der Waals surface area (Å²) in [5, 5.41) is 1.75. The van der Waals surface area contributed by atoms with Crippen LogP contribution in [0.5, 0.6) is 5.75 Å². The maximum absolute atomic E-state index is 12.6. The molecule has 2 aromatic carbocycles. The van der Waals surface area contributed by atoms with Crippen LogP contribution in [-0.2, 0) is 4.79 Å². The zero-order valence-electron chi connectivity index (χ0n) is 16.8. The van der Waals surface area contributed by atoms with Gasteiger partial charge in [0.15, 0.2) is 5.13 Å². The summed E-state index contributed by atoms with van der Waals surface area (Å²) >= 11 is 9.36. The van der Waals surface area contributed by atoms with Crippen molar-refractivity contribution in [3.63, 3.8) is 0 Å². The van der Waals surface area contributed by atoms with E-state index in [1.54, 1.807) is 30.2 Å². The fourth-order valence-electron chi connectivity index (χ4n) is 3.46. The highest BCUT2D eigenvalue weighted by molar-refractivity contribution is 7.99. The van der Waals surface area contributed by atoms with Crippen molar-refractivity contribution in [2.24, 2.45) is 0 Å². The fourth-order valence-corrected chi connectivity index (χ4v) is 5.47. The summed E-state index contributed by atoms with van der Waals surface area (Å²) in [5.41, 5.74) is 0.914. The number of nitrogens with zero attached hydrogens (tertiary/aromatic N) is 3. The largest absolute Gasteiger partial charge is 0.494 e. The minimum atomic E-state index is 0.248. The molecule has 1 saturated heterocycles. The number of thioether (sulfide) groups is 1. The second-order valence-corrected chi connectivity index (χ2v) is 9.69. The maximum Gasteiger partial charge on any atom is 0.222 e. The topological polar surface area (TPSA) is 45.7 Å². The Morgan fingerprint density at radius 1 is 1.17 bits per heavy atom. The number of carbonyl (C=O) groups excluding carboxylic acids is 1. The first-order chi connectivity index (χ1) is 14.6. The van der Waals surface area contributed by atoms with Gasteiger partial charge >= 0.3 is 0 Å². The molecule has 30 heavy (non-hydrogen) atoms. The van der Waals surface area contributed by atoms with E-state index in [2.05, 4.69) is 11.0 Å². The number of hydrogen-bond acceptors (Lipinski definition) is 6. The van der Waals surface area contributed by atoms with E-state index in [1.165, 1.54) is 4.90 Å². The molecular formula is C22H24ClN3O2S2. The molecule has 8 heteroatoms. The van der Waals surface area contributed by atoms with E-state index in [9.17, 15) is 4.79 Å². The molecule has 2 heterocycles. The Labute approximate surface area is 190 Å². The second-order valence-electron chi connectivity index (χ2n) is 7.08. The van der Waals surface area contributed by atoms with E-state index in [4.69, 9.17) is 21.3 Å². The van der Waals surface area contributed by atoms with Gasteiger partial charge in [-0.1, -0.05) is 29.0 Å². The zero-order valence-corrected chi connectivity index (χ0v) is 19.2. The summed E-state index contributed by atoms with van der Waals surface area (Å²) in [5.74, 6) is 1.98. The average Bonchev–Trinajstić information content (AvgIpc) is 3.22. The first-order valence-corrected chi connectivity index (χ1v) is 12.2. The number of thiazole rings is 1. The van der Waals surface area contributed by atoms with Gasteiger partial charge in [-0.3, -0.25) is 4.79 Å². The monoisotopic (exact) mass is 461 g/mol. The van der Waals surface area contributed by atoms with E-state index in [-0.39, 0.29) is 5.91 Å². The molecule has 0 N–H and O–H groups in total. The van der Waals surface area contributed by atoms with Crippen LogP contribution in [0.25, 0.3) is 10.2 Å². The Morgan fingerprint density at radius 2 is 1.93 bits per heavy atom. The standard InChI is InChI=1S/C22H24ClN3O2S2/c1-28-18-4-2-5-19-21(18)24-22(30-19)26-13-11-25(12-14-26)20(27)6-3-15-29-17-9-7-16(23)8-10-17/h2,4-5,7-10H,3,6,11-15H2,1H3. The van der Waals surface area contributed by atoms with Crippen molar-refractivity contribution in [3.05, 3.63) is 47.5 Å². The van der Waals surface area contributed by atoms with Gasteiger partial charge < -0.3 is 14.5 Å². The van der Waals surface area contributed by atoms with Crippen molar-refractivity contribution in [1.29, 1.82) is 0 Å². The first-order valence-electron chi connectivity index (χ1n) is 9.98. The van der Waals surface area contributed by atoms with E-state index in [0.717, 1.165) is 64.5 Å². The summed E-state index contributed by atoms with van der Waals surface area (Å²) in [4.78, 5) is 22.8. The summed E-state index contributed by atoms with van der Waals surface area (Å²) in [6, 6.07) is 13.8. The molecule has 0 aliphatic carbocycles. The molecule has 1 amide bonds. The van der Waals surface area contributed by atoms with Crippen molar-refractivity contribution < 1.29 is 9.53 Å². The van der Waals surface area contributed by atoms with Crippen LogP contribution in [0.2, 0.25) is 5.02 Å². The highest BCUT2D eigenvalue weighted by Gasteiger charge is 2.23. The number of para-hydroxylation sites is 1. The molecule has 0 radical (unpaired) electrons. The molecule has 0 saturated carbocycles. The molecule has 0 bridgehead atoms. The third-order valence-electron chi connectivity index (χ3n) is 5.11. The minimum absolute atomic E-state index is 0.248. The molecule has 4 rings (SSSR count). The highest BCUT2D eigenvalue weighted by Crippen LogP contribution is 2.34. The van der Waals surface area contributed by atoms with Gasteiger partial charge in [-0.2, -0.15) is 0 Å². The van der Waals surface area contributed by atoms with Crippen LogP contribution < -0.4 is 9.64 Å². The van der Waals surface area contributed by atoms with Crippen molar-refractivity contribution in [2.45, 2.75) is 17.7 Å². The molecule has 0 unspecified atom stereocenters. The molecular weight excluding hydrogens is 438 g/mol. The van der Waals surface area contributed by atoms with Gasteiger partial charge in [-0.25, -0.2) is 4.98 Å². The number of ether oxygens (including phenoxy) is 1. The molecule has 0 spiro atoms. The molecule has 0 atom stereocenters. The van der Waals surface area contributed by atoms with E-state index < -0.39 is 0 Å². The number of amides is 1. The number of benzene rings is 2. The van der Waals surface area contributed by atoms with Crippen LogP contribution in [0, 0.1) is 0 Å². The first kappa shape index (κ1) is 21.3. The molecule has 1 aromatic heterocycles. The number of anilines is 1. The smallest absolute Gasteiger partial charge is 0.222 e. The van der Waals surface area contributed by atoms with Crippen LogP contribution in [0.15, 0.2) is 47.4 Å². The van der Waals surface area contributed by atoms with Crippen LogP contribution in [0.4, 0.5) is 5.13 Å². The van der Waals surface area contributed by atoms with E-state index >= 15 is 0 Å². The van der Waals surface area contributed by atoms with Gasteiger partial charge in [0.05, 0.1) is 11.8 Å². The van der Waals surface area contributed by atoms with E-state index in [1.807, 2.05) is 41.3 Å². The van der Waals surface area contributed by atoms with Gasteiger partial charge in [0.2, 0.25) is 5.91 Å². The quantitative estimate of drug-likeness (QED) is 0.358. The van der Waals surface area contributed by atoms with Crippen LogP contribution >= 0.6 is 34.7 Å². The Morgan fingerprint density at radius 3 is 2.67 bits per heavy atom. The number of piperazine rings is 1.